The number of para-hydroxylation sites is 1. The van der Waals surface area contributed by atoms with Crippen LogP contribution in [0.5, 0.6) is 5.75 Å². The van der Waals surface area contributed by atoms with Crippen molar-refractivity contribution in [1.29, 1.82) is 0 Å². The largest absolute Gasteiger partial charge is 0.492 e. The summed E-state index contributed by atoms with van der Waals surface area (Å²) in [5.41, 5.74) is 0.789. The van der Waals surface area contributed by atoms with E-state index in [2.05, 4.69) is 11.8 Å². The first-order chi connectivity index (χ1) is 7.38. The van der Waals surface area contributed by atoms with E-state index in [1.165, 1.54) is 0 Å². The van der Waals surface area contributed by atoms with Crippen molar-refractivity contribution in [2.45, 2.75) is 6.42 Å². The summed E-state index contributed by atoms with van der Waals surface area (Å²) in [6.07, 6.45) is 0.400. The zero-order chi connectivity index (χ0) is 10.9. The van der Waals surface area contributed by atoms with Crippen LogP contribution >= 0.6 is 11.6 Å². The molecule has 1 nitrogen and oxygen atoms in total. The van der Waals surface area contributed by atoms with E-state index in [0.29, 0.717) is 24.7 Å². The first kappa shape index (κ1) is 11.9. The number of rotatable bonds is 4. The van der Waals surface area contributed by atoms with Gasteiger partial charge < -0.3 is 4.74 Å². The van der Waals surface area contributed by atoms with Gasteiger partial charge in [0.25, 0.3) is 0 Å². The van der Waals surface area contributed by atoms with E-state index in [-0.39, 0.29) is 6.67 Å². The van der Waals surface area contributed by atoms with Gasteiger partial charge in [-0.15, -0.1) is 11.6 Å². The average molecular weight is 227 g/mol. The van der Waals surface area contributed by atoms with Gasteiger partial charge in [0.05, 0.1) is 24.7 Å². The molecule has 0 aliphatic carbocycles. The minimum Gasteiger partial charge on any atom is -0.492 e. The molecule has 3 heteroatoms. The molecule has 1 aromatic carbocycles. The van der Waals surface area contributed by atoms with Gasteiger partial charge in [-0.1, -0.05) is 24.0 Å². The maximum absolute atomic E-state index is 11.9. The molecule has 0 N–H and O–H groups in total. The standard InChI is InChI=1S/C12H12ClFO/c13-8-3-6-11-5-1-2-7-12(11)15-10-4-9-14/h1-2,5,7H,4,8-10H2. The van der Waals surface area contributed by atoms with Crippen LogP contribution in [0.3, 0.4) is 0 Å². The highest BCUT2D eigenvalue weighted by molar-refractivity contribution is 6.19. The second kappa shape index (κ2) is 7.14. The fourth-order valence-corrected chi connectivity index (χ4v) is 1.13. The van der Waals surface area contributed by atoms with Crippen LogP contribution in [0.4, 0.5) is 4.39 Å². The summed E-state index contributed by atoms with van der Waals surface area (Å²) in [6.45, 7) is 0.00555. The molecule has 1 aromatic rings. The van der Waals surface area contributed by atoms with Crippen molar-refractivity contribution in [1.82, 2.24) is 0 Å². The van der Waals surface area contributed by atoms with Crippen molar-refractivity contribution >= 4 is 11.6 Å². The van der Waals surface area contributed by atoms with E-state index in [1.54, 1.807) is 0 Å². The van der Waals surface area contributed by atoms with Gasteiger partial charge in [0.1, 0.15) is 5.75 Å². The highest BCUT2D eigenvalue weighted by atomic mass is 35.5. The van der Waals surface area contributed by atoms with Crippen LogP contribution in [0.15, 0.2) is 24.3 Å². The Morgan fingerprint density at radius 3 is 2.87 bits per heavy atom. The third-order valence-corrected chi connectivity index (χ3v) is 1.85. The summed E-state index contributed by atoms with van der Waals surface area (Å²) in [5, 5.41) is 0. The van der Waals surface area contributed by atoms with Crippen molar-refractivity contribution in [2.75, 3.05) is 19.2 Å². The van der Waals surface area contributed by atoms with E-state index >= 15 is 0 Å². The van der Waals surface area contributed by atoms with Gasteiger partial charge in [0.15, 0.2) is 0 Å². The number of hydrogen-bond donors (Lipinski definition) is 0. The Morgan fingerprint density at radius 2 is 2.13 bits per heavy atom. The summed E-state index contributed by atoms with van der Waals surface area (Å²) in [6, 6.07) is 7.40. The zero-order valence-corrected chi connectivity index (χ0v) is 9.06. The molecular formula is C12H12ClFO. The number of ether oxygens (including phenoxy) is 1. The molecule has 0 aliphatic rings. The van der Waals surface area contributed by atoms with Crippen molar-refractivity contribution < 1.29 is 9.13 Å². The summed E-state index contributed by atoms with van der Waals surface area (Å²) < 4.78 is 17.3. The van der Waals surface area contributed by atoms with Crippen LogP contribution in [0.25, 0.3) is 0 Å². The Hall–Kier alpha value is -1.20. The van der Waals surface area contributed by atoms with Gasteiger partial charge >= 0.3 is 0 Å². The average Bonchev–Trinajstić information content (AvgIpc) is 2.28. The maximum atomic E-state index is 11.9. The van der Waals surface area contributed by atoms with Crippen molar-refractivity contribution in [2.24, 2.45) is 0 Å². The fourth-order valence-electron chi connectivity index (χ4n) is 1.06. The molecule has 0 bridgehead atoms. The molecule has 0 amide bonds. The summed E-state index contributed by atoms with van der Waals surface area (Å²) in [7, 11) is 0. The summed E-state index contributed by atoms with van der Waals surface area (Å²) >= 11 is 5.47. The fraction of sp³-hybridized carbons (Fsp3) is 0.333. The molecule has 0 heterocycles. The first-order valence-electron chi connectivity index (χ1n) is 4.71. The van der Waals surface area contributed by atoms with Gasteiger partial charge in [-0.05, 0) is 12.1 Å². The smallest absolute Gasteiger partial charge is 0.134 e. The third kappa shape index (κ3) is 4.22. The molecule has 1 rings (SSSR count). The van der Waals surface area contributed by atoms with Crippen molar-refractivity contribution in [3.63, 3.8) is 0 Å². The monoisotopic (exact) mass is 226 g/mol. The number of benzene rings is 1. The lowest BCUT2D eigenvalue weighted by atomic mass is 10.2. The van der Waals surface area contributed by atoms with Gasteiger partial charge in [0, 0.05) is 6.42 Å². The maximum Gasteiger partial charge on any atom is 0.134 e. The van der Waals surface area contributed by atoms with Gasteiger partial charge in [0.2, 0.25) is 0 Å². The molecule has 0 unspecified atom stereocenters. The lowest BCUT2D eigenvalue weighted by Crippen LogP contribution is -1.99. The lowest BCUT2D eigenvalue weighted by molar-refractivity contribution is 0.289. The van der Waals surface area contributed by atoms with Crippen molar-refractivity contribution in [3.05, 3.63) is 29.8 Å². The highest BCUT2D eigenvalue weighted by Crippen LogP contribution is 2.16. The zero-order valence-electron chi connectivity index (χ0n) is 8.30. The molecule has 0 aliphatic heterocycles. The molecule has 0 spiro atoms. The predicted octanol–water partition coefficient (Wildman–Crippen LogP) is 3.02. The Balaban J connectivity index is 2.68. The van der Waals surface area contributed by atoms with Crippen LogP contribution in [-0.2, 0) is 0 Å². The van der Waals surface area contributed by atoms with Crippen LogP contribution in [0.2, 0.25) is 0 Å². The Morgan fingerprint density at radius 1 is 1.33 bits per heavy atom. The molecule has 15 heavy (non-hydrogen) atoms. The number of halogens is 2. The summed E-state index contributed by atoms with van der Waals surface area (Å²) in [4.78, 5) is 0. The highest BCUT2D eigenvalue weighted by Gasteiger charge is 1.98. The van der Waals surface area contributed by atoms with E-state index in [4.69, 9.17) is 16.3 Å². The minimum atomic E-state index is -0.366. The predicted molar refractivity (Wildman–Crippen MR) is 60.1 cm³/mol. The Labute approximate surface area is 94.2 Å². The minimum absolute atomic E-state index is 0.290. The van der Waals surface area contributed by atoms with Gasteiger partial charge in [-0.2, -0.15) is 0 Å². The second-order valence-corrected chi connectivity index (χ2v) is 3.09. The molecule has 0 aromatic heterocycles. The molecule has 80 valence electrons. The van der Waals surface area contributed by atoms with Gasteiger partial charge in [-0.25, -0.2) is 0 Å². The quantitative estimate of drug-likeness (QED) is 0.436. The third-order valence-electron chi connectivity index (χ3n) is 1.71. The molecule has 0 saturated carbocycles. The van der Waals surface area contributed by atoms with Crippen LogP contribution in [0.1, 0.15) is 12.0 Å². The molecule has 0 radical (unpaired) electrons. The normalized spacial score (nSPS) is 9.20. The second-order valence-electron chi connectivity index (χ2n) is 2.82. The lowest BCUT2D eigenvalue weighted by Gasteiger charge is -2.06. The SMILES string of the molecule is FCCCOc1ccccc1C#CCCl. The Bertz CT molecular complexity index is 354. The number of alkyl halides is 2. The molecule has 0 atom stereocenters. The summed E-state index contributed by atoms with van der Waals surface area (Å²) in [5.74, 6) is 6.62. The molecule has 0 saturated heterocycles. The van der Waals surface area contributed by atoms with Crippen LogP contribution < -0.4 is 4.74 Å². The molecular weight excluding hydrogens is 215 g/mol. The van der Waals surface area contributed by atoms with E-state index in [0.717, 1.165) is 5.56 Å². The number of hydrogen-bond acceptors (Lipinski definition) is 1. The Kier molecular flexibility index (Phi) is 5.65. The van der Waals surface area contributed by atoms with Crippen molar-refractivity contribution in [3.8, 4) is 17.6 Å². The first-order valence-corrected chi connectivity index (χ1v) is 5.24. The van der Waals surface area contributed by atoms with E-state index in [1.807, 2.05) is 24.3 Å². The van der Waals surface area contributed by atoms with E-state index < -0.39 is 0 Å². The molecule has 0 fully saturated rings. The van der Waals surface area contributed by atoms with Crippen LogP contribution in [0, 0.1) is 11.8 Å². The van der Waals surface area contributed by atoms with Gasteiger partial charge in [-0.3, -0.25) is 4.39 Å². The van der Waals surface area contributed by atoms with E-state index in [9.17, 15) is 4.39 Å². The topological polar surface area (TPSA) is 9.23 Å². The van der Waals surface area contributed by atoms with Crippen LogP contribution in [-0.4, -0.2) is 19.2 Å².